The molecule has 37 heavy (non-hydrogen) atoms. The molecule has 3 aromatic carbocycles. The topological polar surface area (TPSA) is 60.7 Å². The number of carbonyl (C=O) groups is 1. The van der Waals surface area contributed by atoms with E-state index in [1.165, 1.54) is 22.9 Å². The van der Waals surface area contributed by atoms with Gasteiger partial charge in [-0.25, -0.2) is 0 Å². The van der Waals surface area contributed by atoms with E-state index < -0.39 is 0 Å². The van der Waals surface area contributed by atoms with Crippen LogP contribution in [0, 0.1) is 6.92 Å². The Balaban J connectivity index is 1.56. The Morgan fingerprint density at radius 2 is 1.41 bits per heavy atom. The highest BCUT2D eigenvalue weighted by Gasteiger charge is 2.21. The van der Waals surface area contributed by atoms with Gasteiger partial charge >= 0.3 is 0 Å². The van der Waals surface area contributed by atoms with Gasteiger partial charge in [0.1, 0.15) is 11.5 Å². The van der Waals surface area contributed by atoms with Crippen LogP contribution < -0.4 is 14.8 Å². The number of hydrogen-bond donors (Lipinski definition) is 1. The smallest absolute Gasteiger partial charge is 0.287 e. The van der Waals surface area contributed by atoms with Crippen molar-refractivity contribution >= 4 is 17.7 Å². The number of carbonyl (C=O) groups excluding carboxylic acids is 1. The molecule has 192 valence electrons. The molecular formula is C31H33NO4S. The van der Waals surface area contributed by atoms with Crippen molar-refractivity contribution in [3.05, 3.63) is 107 Å². The molecule has 0 unspecified atom stereocenters. The molecule has 1 N–H and O–H groups in total. The molecular weight excluding hydrogens is 482 g/mol. The molecule has 0 saturated heterocycles. The normalized spacial score (nSPS) is 11.4. The molecule has 1 amide bonds. The van der Waals surface area contributed by atoms with Crippen LogP contribution in [-0.4, -0.2) is 20.1 Å². The lowest BCUT2D eigenvalue weighted by Gasteiger charge is -2.20. The summed E-state index contributed by atoms with van der Waals surface area (Å²) in [5.74, 6) is 1.48. The lowest BCUT2D eigenvalue weighted by atomic mass is 9.87. The van der Waals surface area contributed by atoms with Gasteiger partial charge in [0, 0.05) is 4.90 Å². The number of benzene rings is 3. The van der Waals surface area contributed by atoms with Crippen molar-refractivity contribution in [2.24, 2.45) is 0 Å². The lowest BCUT2D eigenvalue weighted by molar-refractivity contribution is 0.0910. The van der Waals surface area contributed by atoms with Crippen molar-refractivity contribution in [2.45, 2.75) is 49.1 Å². The predicted octanol–water partition coefficient (Wildman–Crippen LogP) is 7.57. The maximum atomic E-state index is 13.3. The Morgan fingerprint density at radius 1 is 0.838 bits per heavy atom. The summed E-state index contributed by atoms with van der Waals surface area (Å²) in [5.41, 5.74) is 4.33. The molecule has 0 fully saturated rings. The minimum absolute atomic E-state index is 0.0507. The summed E-state index contributed by atoms with van der Waals surface area (Å²) in [5, 5.41) is 3.81. The van der Waals surface area contributed by atoms with Gasteiger partial charge in [0.15, 0.2) is 10.9 Å². The fourth-order valence-electron chi connectivity index (χ4n) is 3.94. The van der Waals surface area contributed by atoms with Crippen molar-refractivity contribution in [3.8, 4) is 11.5 Å². The Hall–Kier alpha value is -3.64. The van der Waals surface area contributed by atoms with Crippen molar-refractivity contribution in [1.29, 1.82) is 0 Å². The molecule has 5 nitrogen and oxygen atoms in total. The van der Waals surface area contributed by atoms with Crippen LogP contribution in [0.25, 0.3) is 0 Å². The number of ether oxygens (including phenoxy) is 2. The molecule has 0 saturated carbocycles. The van der Waals surface area contributed by atoms with E-state index in [0.29, 0.717) is 5.09 Å². The van der Waals surface area contributed by atoms with Crippen LogP contribution in [0.1, 0.15) is 59.6 Å². The second kappa shape index (κ2) is 11.2. The number of aryl methyl sites for hydroxylation is 1. The molecule has 4 aromatic rings. The standard InChI is InChI=1S/C31H33NO4S/c1-20-7-12-23(31(2,3)4)19-27(20)37-28-18-17-26(36-28)30(33)32-29(21-8-13-24(34-5)14-9-21)22-10-15-25(35-6)16-11-22/h7-19,29H,1-6H3,(H,32,33). The zero-order valence-corrected chi connectivity index (χ0v) is 22.9. The molecule has 0 aliphatic rings. The minimum Gasteiger partial charge on any atom is -0.497 e. The summed E-state index contributed by atoms with van der Waals surface area (Å²) in [6, 6.07) is 25.0. The van der Waals surface area contributed by atoms with Gasteiger partial charge in [-0.3, -0.25) is 4.79 Å². The maximum Gasteiger partial charge on any atom is 0.287 e. The van der Waals surface area contributed by atoms with Crippen molar-refractivity contribution in [2.75, 3.05) is 14.2 Å². The van der Waals surface area contributed by atoms with Crippen molar-refractivity contribution < 1.29 is 18.7 Å². The van der Waals surface area contributed by atoms with E-state index in [1.54, 1.807) is 20.3 Å². The molecule has 0 atom stereocenters. The number of amides is 1. The highest BCUT2D eigenvalue weighted by atomic mass is 32.2. The summed E-state index contributed by atoms with van der Waals surface area (Å²) in [4.78, 5) is 14.4. The van der Waals surface area contributed by atoms with Gasteiger partial charge in [0.05, 0.1) is 20.3 Å². The van der Waals surface area contributed by atoms with Crippen LogP contribution >= 0.6 is 11.8 Å². The Labute approximate surface area is 223 Å². The molecule has 0 aliphatic carbocycles. The summed E-state index contributed by atoms with van der Waals surface area (Å²) in [6.07, 6.45) is 0. The average molecular weight is 516 g/mol. The monoisotopic (exact) mass is 515 g/mol. The maximum absolute atomic E-state index is 13.3. The zero-order valence-electron chi connectivity index (χ0n) is 22.1. The van der Waals surface area contributed by atoms with Gasteiger partial charge in [-0.2, -0.15) is 0 Å². The first-order valence-electron chi connectivity index (χ1n) is 12.2. The third-order valence-corrected chi connectivity index (χ3v) is 7.32. The van der Waals surface area contributed by atoms with Crippen LogP contribution in [0.2, 0.25) is 0 Å². The van der Waals surface area contributed by atoms with Crippen LogP contribution in [0.15, 0.2) is 93.3 Å². The number of furan rings is 1. The molecule has 1 heterocycles. The van der Waals surface area contributed by atoms with Gasteiger partial charge in [0.25, 0.3) is 5.91 Å². The first-order valence-corrected chi connectivity index (χ1v) is 13.0. The van der Waals surface area contributed by atoms with E-state index in [4.69, 9.17) is 13.9 Å². The average Bonchev–Trinajstić information content (AvgIpc) is 3.37. The molecule has 1 aromatic heterocycles. The zero-order chi connectivity index (χ0) is 26.6. The van der Waals surface area contributed by atoms with E-state index >= 15 is 0 Å². The molecule has 4 rings (SSSR count). The summed E-state index contributed by atoms with van der Waals surface area (Å²) in [7, 11) is 3.26. The van der Waals surface area contributed by atoms with Crippen molar-refractivity contribution in [1.82, 2.24) is 5.32 Å². The van der Waals surface area contributed by atoms with E-state index in [-0.39, 0.29) is 23.1 Å². The van der Waals surface area contributed by atoms with Crippen LogP contribution in [0.3, 0.4) is 0 Å². The first-order chi connectivity index (χ1) is 17.7. The molecule has 0 bridgehead atoms. The minimum atomic E-state index is -0.378. The SMILES string of the molecule is COc1ccc(C(NC(=O)c2ccc(Sc3cc(C(C)(C)C)ccc3C)o2)c2ccc(OC)cc2)cc1. The van der Waals surface area contributed by atoms with E-state index in [2.05, 4.69) is 51.2 Å². The second-order valence-electron chi connectivity index (χ2n) is 9.90. The lowest BCUT2D eigenvalue weighted by Crippen LogP contribution is -2.29. The van der Waals surface area contributed by atoms with Gasteiger partial charge in [-0.1, -0.05) is 68.9 Å². The fraction of sp³-hybridized carbons (Fsp3) is 0.258. The van der Waals surface area contributed by atoms with Crippen LogP contribution in [0.5, 0.6) is 11.5 Å². The molecule has 0 spiro atoms. The Kier molecular flexibility index (Phi) is 7.98. The van der Waals surface area contributed by atoms with E-state index in [0.717, 1.165) is 27.5 Å². The number of nitrogens with one attached hydrogen (secondary N) is 1. The Bertz CT molecular complexity index is 1300. The molecule has 0 radical (unpaired) electrons. The predicted molar refractivity (Wildman–Crippen MR) is 148 cm³/mol. The summed E-state index contributed by atoms with van der Waals surface area (Å²) < 4.78 is 16.6. The van der Waals surface area contributed by atoms with Gasteiger partial charge in [-0.15, -0.1) is 0 Å². The summed E-state index contributed by atoms with van der Waals surface area (Å²) >= 11 is 1.53. The largest absolute Gasteiger partial charge is 0.497 e. The Morgan fingerprint density at radius 3 is 1.92 bits per heavy atom. The van der Waals surface area contributed by atoms with Gasteiger partial charge in [-0.05, 0) is 77.1 Å². The first kappa shape index (κ1) is 26.4. The molecule has 0 aliphatic heterocycles. The third-order valence-electron chi connectivity index (χ3n) is 6.24. The molecule has 6 heteroatoms. The number of hydrogen-bond acceptors (Lipinski definition) is 5. The van der Waals surface area contributed by atoms with E-state index in [9.17, 15) is 4.79 Å². The van der Waals surface area contributed by atoms with Crippen molar-refractivity contribution in [3.63, 3.8) is 0 Å². The summed E-state index contributed by atoms with van der Waals surface area (Å²) in [6.45, 7) is 8.68. The van der Waals surface area contributed by atoms with Gasteiger partial charge < -0.3 is 19.2 Å². The fourth-order valence-corrected chi connectivity index (χ4v) is 4.84. The van der Waals surface area contributed by atoms with E-state index in [1.807, 2.05) is 54.6 Å². The highest BCUT2D eigenvalue weighted by Crippen LogP contribution is 2.35. The number of rotatable bonds is 8. The third kappa shape index (κ3) is 6.38. The quantitative estimate of drug-likeness (QED) is 0.262. The van der Waals surface area contributed by atoms with Crippen LogP contribution in [0.4, 0.5) is 0 Å². The highest BCUT2D eigenvalue weighted by molar-refractivity contribution is 7.99. The van der Waals surface area contributed by atoms with Gasteiger partial charge in [0.2, 0.25) is 0 Å². The number of methoxy groups -OCH3 is 2. The van der Waals surface area contributed by atoms with Crippen LogP contribution in [-0.2, 0) is 5.41 Å². The second-order valence-corrected chi connectivity index (χ2v) is 11.0.